The Kier molecular flexibility index (Phi) is 14.4. The van der Waals surface area contributed by atoms with Crippen molar-refractivity contribution < 1.29 is 53.8 Å². The second kappa shape index (κ2) is 17.7. The van der Waals surface area contributed by atoms with Gasteiger partial charge in [0.1, 0.15) is 56.3 Å². The van der Waals surface area contributed by atoms with Gasteiger partial charge in [0.25, 0.3) is 0 Å². The van der Waals surface area contributed by atoms with Crippen molar-refractivity contribution in [1.82, 2.24) is 15.5 Å². The minimum absolute atomic E-state index is 0.000571. The highest BCUT2D eigenvalue weighted by atomic mass is 16.6. The number of carbonyl (C=O) groups is 4. The second-order valence-electron chi connectivity index (χ2n) is 9.82. The van der Waals surface area contributed by atoms with Gasteiger partial charge < -0.3 is 50.2 Å². The van der Waals surface area contributed by atoms with Gasteiger partial charge in [-0.05, 0) is 25.0 Å². The summed E-state index contributed by atoms with van der Waals surface area (Å²) >= 11 is 0. The summed E-state index contributed by atoms with van der Waals surface area (Å²) in [5.74, 6) is -1.58. The highest BCUT2D eigenvalue weighted by molar-refractivity contribution is 5.85. The molecule has 6 N–H and O–H groups in total. The van der Waals surface area contributed by atoms with Crippen molar-refractivity contribution in [3.05, 3.63) is 71.8 Å². The van der Waals surface area contributed by atoms with Crippen LogP contribution in [0.25, 0.3) is 0 Å². The van der Waals surface area contributed by atoms with E-state index in [0.29, 0.717) is 0 Å². The molecule has 0 aliphatic carbocycles. The van der Waals surface area contributed by atoms with E-state index in [1.807, 2.05) is 12.1 Å². The minimum Gasteiger partial charge on any atom is -0.461 e. The fraction of sp³-hybridized carbons (Fsp3) is 0.448. The second-order valence-corrected chi connectivity index (χ2v) is 9.82. The van der Waals surface area contributed by atoms with E-state index in [0.717, 1.165) is 16.0 Å². The van der Waals surface area contributed by atoms with Crippen LogP contribution in [0.3, 0.4) is 0 Å². The largest absolute Gasteiger partial charge is 0.461 e. The number of aliphatic hydroxyl groups is 4. The fourth-order valence-electron chi connectivity index (χ4n) is 3.66. The van der Waals surface area contributed by atoms with Crippen LogP contribution in [0.5, 0.6) is 0 Å². The summed E-state index contributed by atoms with van der Waals surface area (Å²) in [4.78, 5) is 49.7. The molecule has 0 spiro atoms. The molecule has 2 aromatic rings. The maximum atomic E-state index is 12.6. The van der Waals surface area contributed by atoms with Gasteiger partial charge in [-0.15, -0.1) is 0 Å². The highest BCUT2D eigenvalue weighted by Crippen LogP contribution is 2.09. The number of hydrogen-bond donors (Lipinski definition) is 6. The molecule has 0 aromatic heterocycles. The lowest BCUT2D eigenvalue weighted by molar-refractivity contribution is -0.158. The summed E-state index contributed by atoms with van der Waals surface area (Å²) in [5.41, 5.74) is 1.50. The van der Waals surface area contributed by atoms with Gasteiger partial charge in [0.05, 0.1) is 0 Å². The van der Waals surface area contributed by atoms with Crippen LogP contribution in [0, 0.1) is 0 Å². The minimum atomic E-state index is -1.96. The zero-order valence-corrected chi connectivity index (χ0v) is 24.2. The molecule has 0 radical (unpaired) electrons. The standard InChI is InChI=1S/C29H39N3O11/c1-18(30-28(39)42-15-20-10-6-4-7-11-20)26(37)32(3)14-22(33)24(35)25(36)23(34)17-41-27(38)19(2)31-29(40)43-16-21-12-8-5-9-13-21/h4-13,18-19,22-25,33-36H,14-17H2,1-3H3,(H,30,39)(H,31,40)/t18-,19-,22-,23+,24+,25+/m0/s1. The molecule has 2 aromatic carbocycles. The zero-order chi connectivity index (χ0) is 31.9. The average Bonchev–Trinajstić information content (AvgIpc) is 3.01. The molecule has 0 aliphatic rings. The van der Waals surface area contributed by atoms with Crippen LogP contribution in [0.2, 0.25) is 0 Å². The van der Waals surface area contributed by atoms with Crippen LogP contribution in [-0.4, -0.2) is 106 Å². The Hall–Kier alpha value is -4.24. The molecule has 43 heavy (non-hydrogen) atoms. The first-order chi connectivity index (χ1) is 20.4. The highest BCUT2D eigenvalue weighted by Gasteiger charge is 2.33. The molecule has 0 saturated heterocycles. The number of aliphatic hydroxyl groups excluding tert-OH is 4. The molecule has 2 rings (SSSR count). The Morgan fingerprint density at radius 2 is 1.14 bits per heavy atom. The number of nitrogens with one attached hydrogen (secondary N) is 2. The SMILES string of the molecule is C[C@H](NC(=O)OCc1ccccc1)C(=O)OC[C@@H](O)[C@@H](O)[C@H](O)[C@@H](O)CN(C)C(=O)[C@H](C)NC(=O)OCc1ccccc1. The lowest BCUT2D eigenvalue weighted by Crippen LogP contribution is -2.53. The zero-order valence-electron chi connectivity index (χ0n) is 24.2. The van der Waals surface area contributed by atoms with Gasteiger partial charge in [-0.25, -0.2) is 14.4 Å². The molecule has 0 aliphatic heterocycles. The first-order valence-electron chi connectivity index (χ1n) is 13.5. The van der Waals surface area contributed by atoms with Gasteiger partial charge >= 0.3 is 18.2 Å². The van der Waals surface area contributed by atoms with Crippen LogP contribution in [-0.2, 0) is 37.0 Å². The third-order valence-electron chi connectivity index (χ3n) is 6.19. The van der Waals surface area contributed by atoms with Crippen LogP contribution in [0.15, 0.2) is 60.7 Å². The summed E-state index contributed by atoms with van der Waals surface area (Å²) in [6.45, 7) is 1.46. The normalized spacial score (nSPS) is 15.0. The first-order valence-corrected chi connectivity index (χ1v) is 13.5. The Bertz CT molecular complexity index is 1170. The molecule has 236 valence electrons. The maximum absolute atomic E-state index is 12.6. The third-order valence-corrected chi connectivity index (χ3v) is 6.19. The molecular formula is C29H39N3O11. The van der Waals surface area contributed by atoms with Crippen molar-refractivity contribution in [2.75, 3.05) is 20.2 Å². The van der Waals surface area contributed by atoms with E-state index in [4.69, 9.17) is 14.2 Å². The van der Waals surface area contributed by atoms with E-state index in [1.54, 1.807) is 48.5 Å². The summed E-state index contributed by atoms with van der Waals surface area (Å²) in [5, 5.41) is 45.7. The predicted molar refractivity (Wildman–Crippen MR) is 151 cm³/mol. The van der Waals surface area contributed by atoms with Crippen molar-refractivity contribution in [2.24, 2.45) is 0 Å². The number of carbonyl (C=O) groups excluding carboxylic acids is 4. The van der Waals surface area contributed by atoms with Gasteiger partial charge in [-0.3, -0.25) is 4.79 Å². The Balaban J connectivity index is 1.72. The molecule has 3 amide bonds. The number of amides is 3. The van der Waals surface area contributed by atoms with Crippen molar-refractivity contribution in [3.63, 3.8) is 0 Å². The fourth-order valence-corrected chi connectivity index (χ4v) is 3.66. The smallest absolute Gasteiger partial charge is 0.408 e. The van der Waals surface area contributed by atoms with Gasteiger partial charge in [-0.1, -0.05) is 60.7 Å². The topological polar surface area (TPSA) is 204 Å². The first kappa shape index (κ1) is 35.0. The Morgan fingerprint density at radius 3 is 1.63 bits per heavy atom. The number of alkyl carbamates (subject to hydrolysis) is 2. The molecule has 0 heterocycles. The summed E-state index contributed by atoms with van der Waals surface area (Å²) in [6, 6.07) is 15.6. The molecule has 0 unspecified atom stereocenters. The van der Waals surface area contributed by atoms with Crippen molar-refractivity contribution >= 4 is 24.1 Å². The van der Waals surface area contributed by atoms with E-state index >= 15 is 0 Å². The van der Waals surface area contributed by atoms with E-state index in [2.05, 4.69) is 10.6 Å². The van der Waals surface area contributed by atoms with Crippen molar-refractivity contribution in [1.29, 1.82) is 0 Å². The summed E-state index contributed by atoms with van der Waals surface area (Å²) in [6.07, 6.45) is -9.14. The number of hydrogen-bond acceptors (Lipinski definition) is 11. The van der Waals surface area contributed by atoms with Gasteiger partial charge in [0, 0.05) is 13.6 Å². The Morgan fingerprint density at radius 1 is 0.698 bits per heavy atom. The molecule has 0 saturated carbocycles. The quantitative estimate of drug-likeness (QED) is 0.118. The van der Waals surface area contributed by atoms with E-state index in [9.17, 15) is 39.6 Å². The summed E-state index contributed by atoms with van der Waals surface area (Å²) in [7, 11) is 1.30. The van der Waals surface area contributed by atoms with Gasteiger partial charge in [0.2, 0.25) is 5.91 Å². The molecule has 14 nitrogen and oxygen atoms in total. The predicted octanol–water partition coefficient (Wildman–Crippen LogP) is 0.0614. The number of benzene rings is 2. The van der Waals surface area contributed by atoms with E-state index in [1.165, 1.54) is 20.9 Å². The number of esters is 1. The van der Waals surface area contributed by atoms with Gasteiger partial charge in [0.15, 0.2) is 0 Å². The van der Waals surface area contributed by atoms with Crippen LogP contribution >= 0.6 is 0 Å². The molecule has 14 heteroatoms. The lowest BCUT2D eigenvalue weighted by atomic mass is 10.0. The number of nitrogens with zero attached hydrogens (tertiary/aromatic N) is 1. The number of ether oxygens (including phenoxy) is 3. The van der Waals surface area contributed by atoms with E-state index in [-0.39, 0.29) is 13.2 Å². The summed E-state index contributed by atoms with van der Waals surface area (Å²) < 4.78 is 15.0. The monoisotopic (exact) mass is 605 g/mol. The van der Waals surface area contributed by atoms with Crippen molar-refractivity contribution in [3.8, 4) is 0 Å². The van der Waals surface area contributed by atoms with Crippen LogP contribution in [0.1, 0.15) is 25.0 Å². The average molecular weight is 606 g/mol. The molecule has 6 atom stereocenters. The Labute approximate surface area is 249 Å². The van der Waals surface area contributed by atoms with Crippen LogP contribution < -0.4 is 10.6 Å². The number of likely N-dealkylation sites (N-methyl/N-ethyl adjacent to an activating group) is 1. The van der Waals surface area contributed by atoms with Crippen molar-refractivity contribution in [2.45, 2.75) is 63.6 Å². The van der Waals surface area contributed by atoms with Crippen LogP contribution in [0.4, 0.5) is 9.59 Å². The third kappa shape index (κ3) is 12.3. The number of rotatable bonds is 15. The van der Waals surface area contributed by atoms with Gasteiger partial charge in [-0.2, -0.15) is 0 Å². The molecular weight excluding hydrogens is 566 g/mol. The van der Waals surface area contributed by atoms with E-state index < -0.39 is 73.7 Å². The molecule has 0 fully saturated rings. The molecule has 0 bridgehead atoms. The maximum Gasteiger partial charge on any atom is 0.408 e. The lowest BCUT2D eigenvalue weighted by Gasteiger charge is -2.30.